The van der Waals surface area contributed by atoms with Crippen molar-refractivity contribution in [2.75, 3.05) is 14.2 Å². The summed E-state index contributed by atoms with van der Waals surface area (Å²) in [5.74, 6) is 2.11. The third-order valence-corrected chi connectivity index (χ3v) is 4.83. The molecule has 7 nitrogen and oxygen atoms in total. The van der Waals surface area contributed by atoms with Gasteiger partial charge in [0.05, 0.1) is 11.0 Å². The first kappa shape index (κ1) is 22.0. The Bertz CT molecular complexity index is 800. The molecule has 0 amide bonds. The molecule has 1 aromatic heterocycles. The topological polar surface area (TPSA) is 76.4 Å². The number of aryl methyl sites for hydroxylation is 1. The van der Waals surface area contributed by atoms with E-state index in [0.717, 1.165) is 30.8 Å². The number of methoxy groups -OCH3 is 1. The van der Waals surface area contributed by atoms with Crippen LogP contribution >= 0.6 is 39.9 Å². The van der Waals surface area contributed by atoms with Crippen molar-refractivity contribution in [1.29, 1.82) is 0 Å². The lowest BCUT2D eigenvalue weighted by Crippen LogP contribution is -2.46. The van der Waals surface area contributed by atoms with E-state index in [0.29, 0.717) is 29.4 Å². The average Bonchev–Trinajstić information content (AvgIpc) is 3.03. The third kappa shape index (κ3) is 5.85. The molecular weight excluding hydrogens is 530 g/mol. The number of rotatable bonds is 5. The van der Waals surface area contributed by atoms with E-state index in [1.807, 2.05) is 10.7 Å². The van der Waals surface area contributed by atoms with E-state index >= 15 is 0 Å². The molecule has 1 aromatic carbocycles. The number of halogens is 3. The van der Waals surface area contributed by atoms with Gasteiger partial charge in [0.15, 0.2) is 11.8 Å². The Morgan fingerprint density at radius 2 is 2.30 bits per heavy atom. The Kier molecular flexibility index (Phi) is 8.42. The molecule has 0 saturated heterocycles. The Morgan fingerprint density at radius 3 is 3.00 bits per heavy atom. The van der Waals surface area contributed by atoms with Crippen molar-refractivity contribution < 1.29 is 9.13 Å². The van der Waals surface area contributed by atoms with Crippen LogP contribution in [0.25, 0.3) is 0 Å². The molecule has 148 valence electrons. The highest BCUT2D eigenvalue weighted by molar-refractivity contribution is 14.0. The van der Waals surface area contributed by atoms with Gasteiger partial charge in [-0.2, -0.15) is 5.10 Å². The highest BCUT2D eigenvalue weighted by Gasteiger charge is 2.22. The largest absolute Gasteiger partial charge is 0.377 e. The summed E-state index contributed by atoms with van der Waals surface area (Å²) >= 11 is 3.16. The Hall–Kier alpha value is -1.27. The quantitative estimate of drug-likeness (QED) is 0.339. The van der Waals surface area contributed by atoms with Gasteiger partial charge in [-0.3, -0.25) is 4.99 Å². The molecule has 0 fully saturated rings. The van der Waals surface area contributed by atoms with Crippen LogP contribution in [-0.2, 0) is 30.9 Å². The monoisotopic (exact) mass is 552 g/mol. The van der Waals surface area contributed by atoms with E-state index in [9.17, 15) is 4.39 Å². The summed E-state index contributed by atoms with van der Waals surface area (Å²) < 4.78 is 21.1. The molecule has 0 aliphatic carbocycles. The van der Waals surface area contributed by atoms with Crippen molar-refractivity contribution in [3.05, 3.63) is 45.7 Å². The van der Waals surface area contributed by atoms with Crippen LogP contribution in [0.3, 0.4) is 0 Å². The van der Waals surface area contributed by atoms with Crippen LogP contribution in [0.4, 0.5) is 4.39 Å². The van der Waals surface area contributed by atoms with Gasteiger partial charge in [0.1, 0.15) is 18.2 Å². The van der Waals surface area contributed by atoms with Crippen LogP contribution in [0.2, 0.25) is 0 Å². The number of fused-ring (bicyclic) bond motifs is 1. The second-order valence-corrected chi connectivity index (χ2v) is 6.97. The summed E-state index contributed by atoms with van der Waals surface area (Å²) in [5.41, 5.74) is 0.847. The Labute approximate surface area is 183 Å². The van der Waals surface area contributed by atoms with Crippen LogP contribution in [0, 0.1) is 5.82 Å². The zero-order valence-electron chi connectivity index (χ0n) is 15.2. The summed E-state index contributed by atoms with van der Waals surface area (Å²) in [6, 6.07) is 5.28. The number of guanidine groups is 1. The second kappa shape index (κ2) is 10.3. The van der Waals surface area contributed by atoms with Gasteiger partial charge in [-0.15, -0.1) is 24.0 Å². The molecule has 2 heterocycles. The number of nitrogens with zero attached hydrogens (tertiary/aromatic N) is 4. The third-order valence-electron chi connectivity index (χ3n) is 4.18. The SMILES string of the molecule is CN=C(NCc1ccc(Br)c(F)c1)NC1CCc2nc(COC)nn2C1.I. The molecule has 1 aliphatic heterocycles. The van der Waals surface area contributed by atoms with Crippen molar-refractivity contribution in [1.82, 2.24) is 25.4 Å². The number of hydrogen-bond donors (Lipinski definition) is 2. The van der Waals surface area contributed by atoms with Crippen molar-refractivity contribution in [2.45, 2.75) is 38.6 Å². The van der Waals surface area contributed by atoms with Crippen molar-refractivity contribution in [2.24, 2.45) is 4.99 Å². The molecule has 0 saturated carbocycles. The maximum atomic E-state index is 13.6. The number of nitrogens with one attached hydrogen (secondary N) is 2. The molecule has 1 aliphatic rings. The van der Waals surface area contributed by atoms with Crippen LogP contribution < -0.4 is 10.6 Å². The number of aliphatic imine (C=N–C) groups is 1. The lowest BCUT2D eigenvalue weighted by Gasteiger charge is -2.25. The Balaban J connectivity index is 0.00000261. The number of ether oxygens (including phenoxy) is 1. The summed E-state index contributed by atoms with van der Waals surface area (Å²) in [6.45, 7) is 1.63. The lowest BCUT2D eigenvalue weighted by molar-refractivity contribution is 0.177. The molecule has 3 rings (SSSR count). The fourth-order valence-corrected chi connectivity index (χ4v) is 3.14. The van der Waals surface area contributed by atoms with Gasteiger partial charge >= 0.3 is 0 Å². The molecule has 0 radical (unpaired) electrons. The predicted molar refractivity (Wildman–Crippen MR) is 116 cm³/mol. The molecular formula is C17H23BrFIN6O. The molecule has 1 atom stereocenters. The van der Waals surface area contributed by atoms with Gasteiger partial charge in [0, 0.05) is 33.2 Å². The average molecular weight is 553 g/mol. The normalized spacial score (nSPS) is 16.4. The summed E-state index contributed by atoms with van der Waals surface area (Å²) in [7, 11) is 3.36. The first-order valence-electron chi connectivity index (χ1n) is 8.41. The first-order chi connectivity index (χ1) is 12.6. The van der Waals surface area contributed by atoms with E-state index in [1.54, 1.807) is 20.2 Å². The molecule has 0 spiro atoms. The molecule has 0 bridgehead atoms. The van der Waals surface area contributed by atoms with E-state index in [2.05, 4.69) is 41.6 Å². The van der Waals surface area contributed by atoms with Crippen molar-refractivity contribution in [3.63, 3.8) is 0 Å². The van der Waals surface area contributed by atoms with Crippen LogP contribution in [-0.4, -0.2) is 40.9 Å². The van der Waals surface area contributed by atoms with Crippen molar-refractivity contribution >= 4 is 45.9 Å². The lowest BCUT2D eigenvalue weighted by atomic mass is 10.1. The minimum atomic E-state index is -0.273. The van der Waals surface area contributed by atoms with Gasteiger partial charge in [-0.05, 0) is 40.0 Å². The van der Waals surface area contributed by atoms with Gasteiger partial charge in [-0.25, -0.2) is 14.1 Å². The summed E-state index contributed by atoms with van der Waals surface area (Å²) in [6.07, 6.45) is 1.79. The minimum Gasteiger partial charge on any atom is -0.377 e. The first-order valence-corrected chi connectivity index (χ1v) is 9.21. The van der Waals surface area contributed by atoms with Crippen molar-refractivity contribution in [3.8, 4) is 0 Å². The standard InChI is InChI=1S/C17H22BrFN6O.HI/c1-20-17(21-8-11-3-5-13(18)14(19)7-11)22-12-4-6-16-23-15(10-26-2)24-25(16)9-12;/h3,5,7,12H,4,6,8-10H2,1-2H3,(H2,20,21,22);1H. The van der Waals surface area contributed by atoms with Crippen LogP contribution in [0.1, 0.15) is 23.6 Å². The van der Waals surface area contributed by atoms with E-state index in [1.165, 1.54) is 6.07 Å². The van der Waals surface area contributed by atoms with Gasteiger partial charge in [0.25, 0.3) is 0 Å². The van der Waals surface area contributed by atoms with Crippen LogP contribution in [0.15, 0.2) is 27.7 Å². The number of hydrogen-bond acceptors (Lipinski definition) is 4. The molecule has 27 heavy (non-hydrogen) atoms. The fourth-order valence-electron chi connectivity index (χ4n) is 2.89. The molecule has 1 unspecified atom stereocenters. The summed E-state index contributed by atoms with van der Waals surface area (Å²) in [5, 5.41) is 11.1. The highest BCUT2D eigenvalue weighted by Crippen LogP contribution is 2.16. The zero-order chi connectivity index (χ0) is 18.5. The molecule has 10 heteroatoms. The number of aromatic nitrogens is 3. The minimum absolute atomic E-state index is 0. The van der Waals surface area contributed by atoms with E-state index < -0.39 is 0 Å². The maximum absolute atomic E-state index is 13.6. The smallest absolute Gasteiger partial charge is 0.191 e. The van der Waals surface area contributed by atoms with E-state index in [-0.39, 0.29) is 35.8 Å². The Morgan fingerprint density at radius 1 is 1.48 bits per heavy atom. The zero-order valence-corrected chi connectivity index (χ0v) is 19.1. The highest BCUT2D eigenvalue weighted by atomic mass is 127. The fraction of sp³-hybridized carbons (Fsp3) is 0.471. The second-order valence-electron chi connectivity index (χ2n) is 6.11. The maximum Gasteiger partial charge on any atom is 0.191 e. The van der Waals surface area contributed by atoms with Gasteiger partial charge in [0.2, 0.25) is 0 Å². The number of benzene rings is 1. The van der Waals surface area contributed by atoms with Gasteiger partial charge < -0.3 is 15.4 Å². The van der Waals surface area contributed by atoms with Crippen LogP contribution in [0.5, 0.6) is 0 Å². The molecule has 2 aromatic rings. The summed E-state index contributed by atoms with van der Waals surface area (Å²) in [4.78, 5) is 8.73. The van der Waals surface area contributed by atoms with E-state index in [4.69, 9.17) is 4.74 Å². The molecule has 2 N–H and O–H groups in total. The van der Waals surface area contributed by atoms with Gasteiger partial charge in [-0.1, -0.05) is 6.07 Å². The predicted octanol–water partition coefficient (Wildman–Crippen LogP) is 2.62.